The van der Waals surface area contributed by atoms with Gasteiger partial charge in [-0.1, -0.05) is 5.16 Å². The van der Waals surface area contributed by atoms with Gasteiger partial charge >= 0.3 is 0 Å². The van der Waals surface area contributed by atoms with Gasteiger partial charge in [0.2, 0.25) is 0 Å². The highest BCUT2D eigenvalue weighted by Gasteiger charge is 2.31. The third-order valence-corrected chi connectivity index (χ3v) is 5.65. The Balaban J connectivity index is 1.89. The molecule has 0 radical (unpaired) electrons. The van der Waals surface area contributed by atoms with Crippen LogP contribution in [0.4, 0.5) is 0 Å². The van der Waals surface area contributed by atoms with Gasteiger partial charge in [-0.3, -0.25) is 4.79 Å². The molecule has 3 N–H and O–H groups in total. The minimum Gasteiger partial charge on any atom is -0.409 e. The Morgan fingerprint density at radius 3 is 3.05 bits per heavy atom. The van der Waals surface area contributed by atoms with Crippen LogP contribution in [0, 0.1) is 0 Å². The minimum atomic E-state index is -0.290. The Kier molecular flexibility index (Phi) is 3.62. The van der Waals surface area contributed by atoms with Crippen molar-refractivity contribution >= 4 is 43.8 Å². The third kappa shape index (κ3) is 2.27. The number of nitrogens with two attached hydrogens (primary N) is 1. The fourth-order valence-electron chi connectivity index (χ4n) is 2.56. The summed E-state index contributed by atoms with van der Waals surface area (Å²) in [4.78, 5) is 15.1. The molecule has 7 heteroatoms. The lowest BCUT2D eigenvalue weighted by molar-refractivity contribution is 0.0682. The molecule has 2 aromatic rings. The first-order valence-electron chi connectivity index (χ1n) is 6.46. The zero-order valence-electron chi connectivity index (χ0n) is 10.8. The Morgan fingerprint density at radius 2 is 2.30 bits per heavy atom. The van der Waals surface area contributed by atoms with Crippen molar-refractivity contribution in [2.24, 2.45) is 10.9 Å². The fourth-order valence-corrected chi connectivity index (χ4v) is 4.63. The number of amides is 1. The van der Waals surface area contributed by atoms with Crippen molar-refractivity contribution in [1.29, 1.82) is 0 Å². The summed E-state index contributed by atoms with van der Waals surface area (Å²) in [5, 5.41) is 14.0. The molecule has 0 aromatic carbocycles. The van der Waals surface area contributed by atoms with Crippen molar-refractivity contribution in [3.63, 3.8) is 0 Å². The Labute approximate surface area is 124 Å². The lowest BCUT2D eigenvalue weighted by atomic mass is 10.0. The molecule has 1 aliphatic heterocycles. The summed E-state index contributed by atoms with van der Waals surface area (Å²) >= 11 is 3.14. The predicted molar refractivity (Wildman–Crippen MR) is 81.8 cm³/mol. The first-order chi connectivity index (χ1) is 9.70. The third-order valence-electron chi connectivity index (χ3n) is 3.57. The number of thiophene rings is 2. The summed E-state index contributed by atoms with van der Waals surface area (Å²) in [6, 6.07) is 3.67. The summed E-state index contributed by atoms with van der Waals surface area (Å²) in [5.74, 6) is 0.103. The standard InChI is InChI=1S/C13H15N3O2S2/c14-12(15-18)8-3-1-2-5-16(8)13(17)11-7-10-9(20-11)4-6-19-10/h4,6-8,18H,1-3,5H2,(H2,14,15). The van der Waals surface area contributed by atoms with E-state index in [2.05, 4.69) is 5.16 Å². The van der Waals surface area contributed by atoms with Crippen LogP contribution in [0.1, 0.15) is 28.9 Å². The highest BCUT2D eigenvalue weighted by Crippen LogP contribution is 2.31. The second-order valence-electron chi connectivity index (χ2n) is 4.79. The molecule has 0 saturated carbocycles. The second-order valence-corrected chi connectivity index (χ2v) is 6.83. The Bertz CT molecular complexity index is 633. The van der Waals surface area contributed by atoms with Crippen LogP contribution >= 0.6 is 22.7 Å². The number of hydrogen-bond acceptors (Lipinski definition) is 5. The summed E-state index contributed by atoms with van der Waals surface area (Å²) in [6.45, 7) is 0.658. The maximum absolute atomic E-state index is 12.6. The highest BCUT2D eigenvalue weighted by atomic mass is 32.1. The summed E-state index contributed by atoms with van der Waals surface area (Å²) in [7, 11) is 0. The number of piperidine rings is 1. The second kappa shape index (κ2) is 5.41. The molecule has 5 nitrogen and oxygen atoms in total. The molecular formula is C13H15N3O2S2. The van der Waals surface area contributed by atoms with Gasteiger partial charge in [0.25, 0.3) is 5.91 Å². The molecule has 3 rings (SSSR count). The van der Waals surface area contributed by atoms with Gasteiger partial charge < -0.3 is 15.8 Å². The van der Waals surface area contributed by atoms with E-state index in [0.29, 0.717) is 6.54 Å². The molecule has 0 aliphatic carbocycles. The molecule has 1 fully saturated rings. The molecule has 0 bridgehead atoms. The molecule has 1 aliphatic rings. The van der Waals surface area contributed by atoms with E-state index >= 15 is 0 Å². The van der Waals surface area contributed by atoms with Crippen molar-refractivity contribution in [2.45, 2.75) is 25.3 Å². The van der Waals surface area contributed by atoms with Crippen molar-refractivity contribution in [1.82, 2.24) is 4.90 Å². The summed E-state index contributed by atoms with van der Waals surface area (Å²) in [6.07, 6.45) is 2.70. The van der Waals surface area contributed by atoms with Crippen molar-refractivity contribution in [2.75, 3.05) is 6.54 Å². The van der Waals surface area contributed by atoms with E-state index in [1.54, 1.807) is 16.2 Å². The maximum Gasteiger partial charge on any atom is 0.264 e. The van der Waals surface area contributed by atoms with Crippen LogP contribution in [0.2, 0.25) is 0 Å². The van der Waals surface area contributed by atoms with E-state index in [0.717, 1.165) is 33.5 Å². The van der Waals surface area contributed by atoms with Gasteiger partial charge in [-0.2, -0.15) is 0 Å². The van der Waals surface area contributed by atoms with E-state index in [1.807, 2.05) is 17.5 Å². The van der Waals surface area contributed by atoms with Crippen LogP contribution in [0.5, 0.6) is 0 Å². The molecule has 2 aromatic heterocycles. The molecule has 1 atom stereocenters. The van der Waals surface area contributed by atoms with Gasteiger partial charge in [0.1, 0.15) is 0 Å². The van der Waals surface area contributed by atoms with Gasteiger partial charge in [0.05, 0.1) is 10.9 Å². The van der Waals surface area contributed by atoms with Crippen LogP contribution in [0.25, 0.3) is 9.40 Å². The summed E-state index contributed by atoms with van der Waals surface area (Å²) in [5.41, 5.74) is 5.72. The van der Waals surface area contributed by atoms with E-state index < -0.39 is 0 Å². The zero-order chi connectivity index (χ0) is 14.1. The maximum atomic E-state index is 12.6. The zero-order valence-corrected chi connectivity index (χ0v) is 12.4. The number of rotatable bonds is 2. The van der Waals surface area contributed by atoms with Gasteiger partial charge in [0.15, 0.2) is 5.84 Å². The molecule has 3 heterocycles. The largest absolute Gasteiger partial charge is 0.409 e. The van der Waals surface area contributed by atoms with Crippen molar-refractivity contribution in [3.05, 3.63) is 22.4 Å². The molecule has 1 unspecified atom stereocenters. The Morgan fingerprint density at radius 1 is 1.45 bits per heavy atom. The fraction of sp³-hybridized carbons (Fsp3) is 0.385. The molecule has 1 amide bonds. The molecule has 20 heavy (non-hydrogen) atoms. The van der Waals surface area contributed by atoms with E-state index in [-0.39, 0.29) is 17.8 Å². The minimum absolute atomic E-state index is 0.0188. The van der Waals surface area contributed by atoms with Gasteiger partial charge in [-0.25, -0.2) is 0 Å². The average molecular weight is 309 g/mol. The van der Waals surface area contributed by atoms with Gasteiger partial charge in [0, 0.05) is 15.9 Å². The monoisotopic (exact) mass is 309 g/mol. The number of carbonyl (C=O) groups excluding carboxylic acids is 1. The van der Waals surface area contributed by atoms with Crippen LogP contribution in [-0.2, 0) is 0 Å². The van der Waals surface area contributed by atoms with Crippen molar-refractivity contribution < 1.29 is 10.0 Å². The van der Waals surface area contributed by atoms with Crippen molar-refractivity contribution in [3.8, 4) is 0 Å². The van der Waals surface area contributed by atoms with Crippen LogP contribution in [0.3, 0.4) is 0 Å². The van der Waals surface area contributed by atoms with Gasteiger partial charge in [-0.15, -0.1) is 22.7 Å². The van der Waals surface area contributed by atoms with E-state index in [4.69, 9.17) is 10.9 Å². The molecular weight excluding hydrogens is 294 g/mol. The lowest BCUT2D eigenvalue weighted by Crippen LogP contribution is -2.50. The molecule has 106 valence electrons. The topological polar surface area (TPSA) is 78.9 Å². The van der Waals surface area contributed by atoms with E-state index in [9.17, 15) is 4.79 Å². The number of nitrogens with zero attached hydrogens (tertiary/aromatic N) is 2. The number of amidine groups is 1. The molecule has 1 saturated heterocycles. The quantitative estimate of drug-likeness (QED) is 0.387. The SMILES string of the molecule is N/C(=N/O)C1CCCCN1C(=O)c1cc2sccc2s1. The van der Waals surface area contributed by atoms with Crippen LogP contribution < -0.4 is 5.73 Å². The lowest BCUT2D eigenvalue weighted by Gasteiger charge is -2.34. The average Bonchev–Trinajstić information content (AvgIpc) is 3.07. The first-order valence-corrected chi connectivity index (χ1v) is 8.15. The van der Waals surface area contributed by atoms with Gasteiger partial charge in [-0.05, 0) is 36.8 Å². The normalized spacial score (nSPS) is 20.5. The van der Waals surface area contributed by atoms with Crippen LogP contribution in [0.15, 0.2) is 22.7 Å². The smallest absolute Gasteiger partial charge is 0.264 e. The number of likely N-dealkylation sites (tertiary alicyclic amines) is 1. The summed E-state index contributed by atoms with van der Waals surface area (Å²) < 4.78 is 2.27. The molecule has 0 spiro atoms. The number of fused-ring (bicyclic) bond motifs is 1. The van der Waals surface area contributed by atoms with Crippen LogP contribution in [-0.4, -0.2) is 34.4 Å². The predicted octanol–water partition coefficient (Wildman–Crippen LogP) is 2.70. The number of carbonyl (C=O) groups is 1. The Hall–Kier alpha value is -1.60. The highest BCUT2D eigenvalue weighted by molar-refractivity contribution is 7.27. The number of hydrogen-bond donors (Lipinski definition) is 2. The van der Waals surface area contributed by atoms with E-state index in [1.165, 1.54) is 11.3 Å². The first kappa shape index (κ1) is 13.4. The number of oxime groups is 1.